The van der Waals surface area contributed by atoms with Crippen LogP contribution in [0.1, 0.15) is 83.6 Å². The average Bonchev–Trinajstić information content (AvgIpc) is 3.20. The third kappa shape index (κ3) is 6.00. The minimum atomic E-state index is -1.27. The molecule has 2 atom stereocenters. The molecule has 2 aromatic carbocycles. The normalized spacial score (nSPS) is 21.4. The Morgan fingerprint density at radius 2 is 1.73 bits per heavy atom. The van der Waals surface area contributed by atoms with Crippen molar-refractivity contribution in [2.24, 2.45) is 0 Å². The summed E-state index contributed by atoms with van der Waals surface area (Å²) in [7, 11) is 0. The minimum Gasteiger partial charge on any atom is -0.385 e. The summed E-state index contributed by atoms with van der Waals surface area (Å²) in [6, 6.07) is 12.2. The molecule has 0 aromatic heterocycles. The molecule has 2 unspecified atom stereocenters. The maximum Gasteiger partial charge on any atom is 0.262 e. The van der Waals surface area contributed by atoms with E-state index in [0.29, 0.717) is 30.0 Å². The lowest BCUT2D eigenvalue weighted by atomic mass is 9.89. The van der Waals surface area contributed by atoms with Crippen LogP contribution < -0.4 is 10.6 Å². The van der Waals surface area contributed by atoms with Crippen molar-refractivity contribution in [2.45, 2.75) is 69.6 Å². The van der Waals surface area contributed by atoms with Gasteiger partial charge in [0.1, 0.15) is 6.23 Å². The number of nitrogens with zero attached hydrogens (tertiary/aromatic N) is 2. The second-order valence-corrected chi connectivity index (χ2v) is 11.2. The molecule has 3 aliphatic heterocycles. The third-order valence-corrected chi connectivity index (χ3v) is 8.52. The van der Waals surface area contributed by atoms with Crippen LogP contribution in [0.25, 0.3) is 0 Å². The molecule has 3 heterocycles. The van der Waals surface area contributed by atoms with Gasteiger partial charge >= 0.3 is 0 Å². The second-order valence-electron chi connectivity index (χ2n) is 10.8. The first-order chi connectivity index (χ1) is 19.3. The van der Waals surface area contributed by atoms with Crippen molar-refractivity contribution >= 4 is 40.9 Å². The Labute approximate surface area is 238 Å². The molecule has 0 spiro atoms. The number of imide groups is 1. The van der Waals surface area contributed by atoms with Crippen LogP contribution >= 0.6 is 11.6 Å². The largest absolute Gasteiger partial charge is 0.385 e. The van der Waals surface area contributed by atoms with Gasteiger partial charge in [0, 0.05) is 43.2 Å². The van der Waals surface area contributed by atoms with Gasteiger partial charge in [0.2, 0.25) is 11.8 Å². The molecule has 2 aromatic rings. The molecule has 2 fully saturated rings. The van der Waals surface area contributed by atoms with E-state index in [1.165, 1.54) is 5.56 Å². The van der Waals surface area contributed by atoms with Gasteiger partial charge in [-0.15, -0.1) is 0 Å². The summed E-state index contributed by atoms with van der Waals surface area (Å²) >= 11 is 6.35. The molecule has 0 saturated carbocycles. The van der Waals surface area contributed by atoms with E-state index in [1.807, 2.05) is 23.1 Å². The molecule has 10 heteroatoms. The number of benzene rings is 2. The fourth-order valence-corrected chi connectivity index (χ4v) is 6.22. The number of rotatable bonds is 9. The quantitative estimate of drug-likeness (QED) is 0.313. The van der Waals surface area contributed by atoms with E-state index in [1.54, 1.807) is 18.2 Å². The van der Waals surface area contributed by atoms with Crippen LogP contribution in [0.4, 0.5) is 5.69 Å². The number of nitrogens with one attached hydrogen (secondary N) is 2. The van der Waals surface area contributed by atoms with E-state index in [4.69, 9.17) is 11.6 Å². The monoisotopic (exact) mass is 566 g/mol. The fraction of sp³-hybridized carbons (Fsp3) is 0.467. The van der Waals surface area contributed by atoms with Crippen molar-refractivity contribution in [1.82, 2.24) is 15.1 Å². The number of hydrogen-bond acceptors (Lipinski definition) is 6. The molecular weight excluding hydrogens is 532 g/mol. The Balaban J connectivity index is 1.02. The van der Waals surface area contributed by atoms with E-state index in [-0.39, 0.29) is 24.7 Å². The molecule has 0 aliphatic carbocycles. The summed E-state index contributed by atoms with van der Waals surface area (Å²) in [6.45, 7) is 2.21. The van der Waals surface area contributed by atoms with Gasteiger partial charge in [-0.05, 0) is 67.9 Å². The van der Waals surface area contributed by atoms with Crippen molar-refractivity contribution in [2.75, 3.05) is 25.0 Å². The highest BCUT2D eigenvalue weighted by Gasteiger charge is 2.44. The predicted molar refractivity (Wildman–Crippen MR) is 151 cm³/mol. The van der Waals surface area contributed by atoms with Gasteiger partial charge in [-0.2, -0.15) is 0 Å². The van der Waals surface area contributed by atoms with Crippen molar-refractivity contribution in [3.8, 4) is 0 Å². The zero-order chi connectivity index (χ0) is 28.2. The molecule has 9 nitrogen and oxygen atoms in total. The molecule has 212 valence electrons. The van der Waals surface area contributed by atoms with Crippen LogP contribution in [0, 0.1) is 0 Å². The Kier molecular flexibility index (Phi) is 8.71. The standard InChI is InChI=1S/C30H35ClN4O5/c31-24-7-4-3-6-21(24)19-13-16-34(17-14-19)27(37)8-2-1-5-15-32-20-9-10-22-23(18-20)30(40)35(29(22)39)25-11-12-26(36)33-28(25)38/h3-4,6-7,9-10,18-19,25,28,32,38H,1-2,5,8,11-17H2,(H,33,36). The van der Waals surface area contributed by atoms with E-state index < -0.39 is 24.1 Å². The summed E-state index contributed by atoms with van der Waals surface area (Å²) in [5.74, 6) is -0.603. The minimum absolute atomic E-state index is 0.148. The maximum absolute atomic E-state index is 13.0. The van der Waals surface area contributed by atoms with Crippen LogP contribution in [-0.2, 0) is 9.59 Å². The number of anilines is 1. The molecule has 40 heavy (non-hydrogen) atoms. The van der Waals surface area contributed by atoms with E-state index in [9.17, 15) is 24.3 Å². The summed E-state index contributed by atoms with van der Waals surface area (Å²) in [5, 5.41) is 16.7. The van der Waals surface area contributed by atoms with Gasteiger partial charge in [0.05, 0.1) is 17.2 Å². The number of piperidine rings is 2. The van der Waals surface area contributed by atoms with Crippen LogP contribution in [0.2, 0.25) is 5.02 Å². The van der Waals surface area contributed by atoms with E-state index in [2.05, 4.69) is 16.7 Å². The van der Waals surface area contributed by atoms with Gasteiger partial charge in [-0.3, -0.25) is 24.1 Å². The summed E-state index contributed by atoms with van der Waals surface area (Å²) in [5.41, 5.74) is 2.51. The molecule has 2 saturated heterocycles. The van der Waals surface area contributed by atoms with Gasteiger partial charge in [-0.25, -0.2) is 0 Å². The highest BCUT2D eigenvalue weighted by Crippen LogP contribution is 2.33. The van der Waals surface area contributed by atoms with Gasteiger partial charge < -0.3 is 20.6 Å². The Bertz CT molecular complexity index is 1290. The number of fused-ring (bicyclic) bond motifs is 1. The van der Waals surface area contributed by atoms with Crippen LogP contribution in [0.3, 0.4) is 0 Å². The van der Waals surface area contributed by atoms with E-state index in [0.717, 1.165) is 60.8 Å². The number of amides is 4. The second kappa shape index (κ2) is 12.4. The highest BCUT2D eigenvalue weighted by molar-refractivity contribution is 6.31. The number of carbonyl (C=O) groups excluding carboxylic acids is 4. The molecule has 0 radical (unpaired) electrons. The number of carbonyl (C=O) groups is 4. The number of aliphatic hydroxyl groups excluding tert-OH is 1. The number of aliphatic hydroxyl groups is 1. The first-order valence-electron chi connectivity index (χ1n) is 14.1. The number of halogens is 1. The topological polar surface area (TPSA) is 119 Å². The van der Waals surface area contributed by atoms with E-state index >= 15 is 0 Å². The Morgan fingerprint density at radius 1 is 0.975 bits per heavy atom. The zero-order valence-corrected chi connectivity index (χ0v) is 23.2. The smallest absolute Gasteiger partial charge is 0.262 e. The predicted octanol–water partition coefficient (Wildman–Crippen LogP) is 3.91. The maximum atomic E-state index is 13.0. The van der Waals surface area contributed by atoms with Crippen LogP contribution in [-0.4, -0.2) is 70.4 Å². The van der Waals surface area contributed by atoms with Gasteiger partial charge in [0.15, 0.2) is 0 Å². The SMILES string of the molecule is O=C1CCC(N2C(=O)c3ccc(NCCCCCC(=O)N4CCC(c5ccccc5Cl)CC4)cc3C2=O)C(O)N1. The molecular formula is C30H35ClN4O5. The number of hydrogen-bond donors (Lipinski definition) is 3. The van der Waals surface area contributed by atoms with Crippen molar-refractivity contribution < 1.29 is 24.3 Å². The van der Waals surface area contributed by atoms with Crippen LogP contribution in [0.15, 0.2) is 42.5 Å². The van der Waals surface area contributed by atoms with Crippen LogP contribution in [0.5, 0.6) is 0 Å². The molecule has 4 amide bonds. The van der Waals surface area contributed by atoms with Crippen molar-refractivity contribution in [1.29, 1.82) is 0 Å². The fourth-order valence-electron chi connectivity index (χ4n) is 5.93. The van der Waals surface area contributed by atoms with Gasteiger partial charge in [0.25, 0.3) is 11.8 Å². The lowest BCUT2D eigenvalue weighted by Crippen LogP contribution is -2.57. The zero-order valence-electron chi connectivity index (χ0n) is 22.4. The highest BCUT2D eigenvalue weighted by atomic mass is 35.5. The Morgan fingerprint density at radius 3 is 2.48 bits per heavy atom. The Hall–Kier alpha value is -3.43. The lowest BCUT2D eigenvalue weighted by molar-refractivity contribution is -0.132. The summed E-state index contributed by atoms with van der Waals surface area (Å²) in [4.78, 5) is 53.1. The average molecular weight is 567 g/mol. The molecule has 3 aliphatic rings. The lowest BCUT2D eigenvalue weighted by Gasteiger charge is -2.33. The van der Waals surface area contributed by atoms with Crippen molar-refractivity contribution in [3.63, 3.8) is 0 Å². The molecule has 0 bridgehead atoms. The first-order valence-corrected chi connectivity index (χ1v) is 14.5. The molecule has 3 N–H and O–H groups in total. The summed E-state index contributed by atoms with van der Waals surface area (Å²) in [6.07, 6.45) is 4.10. The molecule has 5 rings (SSSR count). The summed E-state index contributed by atoms with van der Waals surface area (Å²) < 4.78 is 0. The van der Waals surface area contributed by atoms with Gasteiger partial charge in [-0.1, -0.05) is 36.2 Å². The third-order valence-electron chi connectivity index (χ3n) is 8.18. The first kappa shape index (κ1) is 28.1. The van der Waals surface area contributed by atoms with Crippen molar-refractivity contribution in [3.05, 3.63) is 64.2 Å². The number of likely N-dealkylation sites (tertiary alicyclic amines) is 1. The number of unbranched alkanes of at least 4 members (excludes halogenated alkanes) is 2.